The molecule has 1 atom stereocenters. The average molecular weight is 320 g/mol. The molecule has 5 heteroatoms. The molecular weight excluding hydrogens is 292 g/mol. The van der Waals surface area contributed by atoms with Gasteiger partial charge >= 0.3 is 6.09 Å². The monoisotopic (exact) mass is 320 g/mol. The molecule has 1 rings (SSSR count). The lowest BCUT2D eigenvalue weighted by Gasteiger charge is -2.23. The summed E-state index contributed by atoms with van der Waals surface area (Å²) in [6.07, 6.45) is 1.85. The summed E-state index contributed by atoms with van der Waals surface area (Å²) in [4.78, 5) is 24.2. The fourth-order valence-corrected chi connectivity index (χ4v) is 2.04. The van der Waals surface area contributed by atoms with Crippen LogP contribution in [0.15, 0.2) is 30.3 Å². The van der Waals surface area contributed by atoms with Gasteiger partial charge in [-0.05, 0) is 32.8 Å². The molecule has 5 nitrogen and oxygen atoms in total. The van der Waals surface area contributed by atoms with Crippen LogP contribution in [0.3, 0.4) is 0 Å². The zero-order valence-corrected chi connectivity index (χ0v) is 14.5. The Labute approximate surface area is 138 Å². The van der Waals surface area contributed by atoms with Crippen molar-refractivity contribution in [3.8, 4) is 0 Å². The van der Waals surface area contributed by atoms with Crippen molar-refractivity contribution in [2.45, 2.75) is 65.1 Å². The van der Waals surface area contributed by atoms with Gasteiger partial charge in [0.25, 0.3) is 0 Å². The molecule has 1 aromatic rings. The van der Waals surface area contributed by atoms with Crippen molar-refractivity contribution >= 4 is 12.0 Å². The minimum Gasteiger partial charge on any atom is -0.444 e. The molecule has 128 valence electrons. The highest BCUT2D eigenvalue weighted by Gasteiger charge is 2.23. The minimum atomic E-state index is -0.583. The highest BCUT2D eigenvalue weighted by molar-refractivity contribution is 5.85. The molecule has 0 aliphatic heterocycles. The Morgan fingerprint density at radius 2 is 1.83 bits per heavy atom. The number of hydrogen-bond acceptors (Lipinski definition) is 3. The standard InChI is InChI=1S/C18H28N2O3/c1-5-6-12-15(20-17(22)23-18(2,3)4)16(21)19-13-14-10-8-7-9-11-14/h7-11,15H,5-6,12-13H2,1-4H3,(H,19,21)(H,20,22)/t15-/m0/s1. The first-order valence-electron chi connectivity index (χ1n) is 8.13. The van der Waals surface area contributed by atoms with Crippen molar-refractivity contribution in [2.75, 3.05) is 0 Å². The van der Waals surface area contributed by atoms with E-state index in [1.54, 1.807) is 20.8 Å². The van der Waals surface area contributed by atoms with Gasteiger partial charge in [-0.25, -0.2) is 4.79 Å². The van der Waals surface area contributed by atoms with Crippen molar-refractivity contribution in [2.24, 2.45) is 0 Å². The molecule has 0 saturated carbocycles. The summed E-state index contributed by atoms with van der Waals surface area (Å²) < 4.78 is 5.23. The number of nitrogens with one attached hydrogen (secondary N) is 2. The second-order valence-corrected chi connectivity index (χ2v) is 6.54. The zero-order chi connectivity index (χ0) is 17.3. The molecule has 0 saturated heterocycles. The fourth-order valence-electron chi connectivity index (χ4n) is 2.04. The van der Waals surface area contributed by atoms with E-state index in [0.29, 0.717) is 13.0 Å². The molecule has 0 aliphatic carbocycles. The highest BCUT2D eigenvalue weighted by Crippen LogP contribution is 2.08. The number of rotatable bonds is 7. The molecule has 1 aromatic carbocycles. The maximum absolute atomic E-state index is 12.3. The van der Waals surface area contributed by atoms with Gasteiger partial charge in [0.1, 0.15) is 11.6 Å². The summed E-state index contributed by atoms with van der Waals surface area (Å²) in [6.45, 7) is 7.88. The Morgan fingerprint density at radius 1 is 1.17 bits per heavy atom. The fraction of sp³-hybridized carbons (Fsp3) is 0.556. The zero-order valence-electron chi connectivity index (χ0n) is 14.5. The second-order valence-electron chi connectivity index (χ2n) is 6.54. The minimum absolute atomic E-state index is 0.187. The third-order valence-electron chi connectivity index (χ3n) is 3.16. The van der Waals surface area contributed by atoms with Crippen molar-refractivity contribution in [1.29, 1.82) is 0 Å². The molecule has 23 heavy (non-hydrogen) atoms. The maximum atomic E-state index is 12.3. The van der Waals surface area contributed by atoms with Gasteiger partial charge in [0.2, 0.25) is 5.91 Å². The lowest BCUT2D eigenvalue weighted by Crippen LogP contribution is -2.48. The topological polar surface area (TPSA) is 67.4 Å². The van der Waals surface area contributed by atoms with Crippen LogP contribution in [-0.2, 0) is 16.1 Å². The molecule has 2 N–H and O–H groups in total. The molecule has 0 aromatic heterocycles. The Bertz CT molecular complexity index is 495. The van der Waals surface area contributed by atoms with Crippen LogP contribution in [0.25, 0.3) is 0 Å². The van der Waals surface area contributed by atoms with Crippen LogP contribution in [0, 0.1) is 0 Å². The third kappa shape index (κ3) is 8.24. The van der Waals surface area contributed by atoms with E-state index in [1.807, 2.05) is 37.3 Å². The van der Waals surface area contributed by atoms with Crippen LogP contribution in [0.1, 0.15) is 52.5 Å². The number of hydrogen-bond donors (Lipinski definition) is 2. The summed E-state index contributed by atoms with van der Waals surface area (Å²) >= 11 is 0. The third-order valence-corrected chi connectivity index (χ3v) is 3.16. The molecule has 0 unspecified atom stereocenters. The van der Waals surface area contributed by atoms with Gasteiger partial charge in [-0.1, -0.05) is 50.1 Å². The first kappa shape index (κ1) is 19.0. The lowest BCUT2D eigenvalue weighted by molar-refractivity contribution is -0.123. The first-order chi connectivity index (χ1) is 10.8. The van der Waals surface area contributed by atoms with E-state index in [4.69, 9.17) is 4.74 Å². The van der Waals surface area contributed by atoms with Gasteiger partial charge in [-0.3, -0.25) is 4.79 Å². The van der Waals surface area contributed by atoms with E-state index in [-0.39, 0.29) is 5.91 Å². The normalized spacial score (nSPS) is 12.3. The number of benzene rings is 1. The summed E-state index contributed by atoms with van der Waals surface area (Å²) in [5.41, 5.74) is 0.437. The largest absolute Gasteiger partial charge is 0.444 e. The molecule has 2 amide bonds. The van der Waals surface area contributed by atoms with Crippen molar-refractivity contribution in [3.05, 3.63) is 35.9 Å². The van der Waals surface area contributed by atoms with Gasteiger partial charge in [0.15, 0.2) is 0 Å². The summed E-state index contributed by atoms with van der Waals surface area (Å²) in [7, 11) is 0. The molecule has 0 radical (unpaired) electrons. The molecule has 0 fully saturated rings. The quantitative estimate of drug-likeness (QED) is 0.809. The number of carbonyl (C=O) groups excluding carboxylic acids is 2. The number of alkyl carbamates (subject to hydrolysis) is 1. The Kier molecular flexibility index (Phi) is 7.59. The van der Waals surface area contributed by atoms with E-state index in [0.717, 1.165) is 18.4 Å². The van der Waals surface area contributed by atoms with Crippen molar-refractivity contribution < 1.29 is 14.3 Å². The number of carbonyl (C=O) groups is 2. The van der Waals surface area contributed by atoms with E-state index in [9.17, 15) is 9.59 Å². The number of ether oxygens (including phenoxy) is 1. The molecular formula is C18H28N2O3. The summed E-state index contributed by atoms with van der Waals surface area (Å²) in [5, 5.41) is 5.54. The molecule has 0 spiro atoms. The van der Waals surface area contributed by atoms with Crippen LogP contribution >= 0.6 is 0 Å². The van der Waals surface area contributed by atoms with E-state index >= 15 is 0 Å². The van der Waals surface area contributed by atoms with Crippen molar-refractivity contribution in [1.82, 2.24) is 10.6 Å². The van der Waals surface area contributed by atoms with E-state index < -0.39 is 17.7 Å². The van der Waals surface area contributed by atoms with Gasteiger partial charge in [-0.2, -0.15) is 0 Å². The first-order valence-corrected chi connectivity index (χ1v) is 8.13. The Balaban J connectivity index is 2.57. The molecule has 0 heterocycles. The van der Waals surface area contributed by atoms with Gasteiger partial charge < -0.3 is 15.4 Å². The lowest BCUT2D eigenvalue weighted by atomic mass is 10.1. The molecule has 0 aliphatic rings. The summed E-state index contributed by atoms with van der Waals surface area (Å²) in [5.74, 6) is -0.187. The summed E-state index contributed by atoms with van der Waals surface area (Å²) in [6, 6.07) is 9.10. The average Bonchev–Trinajstić information content (AvgIpc) is 2.48. The number of amides is 2. The van der Waals surface area contributed by atoms with Crippen LogP contribution in [0.2, 0.25) is 0 Å². The van der Waals surface area contributed by atoms with E-state index in [1.165, 1.54) is 0 Å². The van der Waals surface area contributed by atoms with Gasteiger partial charge in [0, 0.05) is 6.54 Å². The molecule has 0 bridgehead atoms. The smallest absolute Gasteiger partial charge is 0.408 e. The Hall–Kier alpha value is -2.04. The van der Waals surface area contributed by atoms with Crippen LogP contribution < -0.4 is 10.6 Å². The SMILES string of the molecule is CCCC[C@H](NC(=O)OC(C)(C)C)C(=O)NCc1ccccc1. The van der Waals surface area contributed by atoms with Gasteiger partial charge in [-0.15, -0.1) is 0 Å². The highest BCUT2D eigenvalue weighted by atomic mass is 16.6. The Morgan fingerprint density at radius 3 is 2.39 bits per heavy atom. The van der Waals surface area contributed by atoms with Gasteiger partial charge in [0.05, 0.1) is 0 Å². The van der Waals surface area contributed by atoms with Crippen LogP contribution in [-0.4, -0.2) is 23.6 Å². The van der Waals surface area contributed by atoms with Crippen molar-refractivity contribution in [3.63, 3.8) is 0 Å². The van der Waals surface area contributed by atoms with E-state index in [2.05, 4.69) is 10.6 Å². The number of unbranched alkanes of at least 4 members (excludes halogenated alkanes) is 1. The predicted molar refractivity (Wildman–Crippen MR) is 91.0 cm³/mol. The van der Waals surface area contributed by atoms with Crippen LogP contribution in [0.5, 0.6) is 0 Å². The maximum Gasteiger partial charge on any atom is 0.408 e. The second kappa shape index (κ2) is 9.18. The predicted octanol–water partition coefficient (Wildman–Crippen LogP) is 3.39. The van der Waals surface area contributed by atoms with Crippen LogP contribution in [0.4, 0.5) is 4.79 Å².